The zero-order chi connectivity index (χ0) is 15.9. The van der Waals surface area contributed by atoms with Gasteiger partial charge in [-0.1, -0.05) is 0 Å². The number of nitro groups is 1. The van der Waals surface area contributed by atoms with Crippen molar-refractivity contribution in [3.05, 3.63) is 48.9 Å². The molecule has 12 heteroatoms. The molecule has 0 atom stereocenters. The number of H-pyrrole nitrogens is 1. The molecule has 2 aromatic rings. The Morgan fingerprint density at radius 2 is 2.00 bits per heavy atom. The SMILES string of the molecule is NS(=O)(=O)Cn1c(=O)[nH]c2cc([N+](=O)[O-])c(F)cc2c1=O. The van der Waals surface area contributed by atoms with Gasteiger partial charge in [-0.25, -0.2) is 22.9 Å². The number of aromatic nitrogens is 2. The molecular formula is C9H7FN4O6S. The first-order chi connectivity index (χ1) is 9.60. The molecule has 112 valence electrons. The van der Waals surface area contributed by atoms with E-state index < -0.39 is 49.0 Å². The van der Waals surface area contributed by atoms with Gasteiger partial charge in [0.1, 0.15) is 5.88 Å². The van der Waals surface area contributed by atoms with Gasteiger partial charge < -0.3 is 4.98 Å². The van der Waals surface area contributed by atoms with Crippen LogP contribution in [0.4, 0.5) is 10.1 Å². The van der Waals surface area contributed by atoms with Crippen molar-refractivity contribution in [3.63, 3.8) is 0 Å². The second-order valence-corrected chi connectivity index (χ2v) is 5.65. The van der Waals surface area contributed by atoms with Gasteiger partial charge in [0.05, 0.1) is 15.8 Å². The van der Waals surface area contributed by atoms with Crippen LogP contribution in [0.2, 0.25) is 0 Å². The minimum absolute atomic E-state index is 0.253. The summed E-state index contributed by atoms with van der Waals surface area (Å²) in [7, 11) is -4.18. The quantitative estimate of drug-likeness (QED) is 0.544. The maximum Gasteiger partial charge on any atom is 0.329 e. The van der Waals surface area contributed by atoms with E-state index in [0.29, 0.717) is 12.1 Å². The normalized spacial score (nSPS) is 11.7. The number of sulfonamides is 1. The van der Waals surface area contributed by atoms with Gasteiger partial charge in [0.2, 0.25) is 15.8 Å². The predicted molar refractivity (Wildman–Crippen MR) is 68.5 cm³/mol. The minimum atomic E-state index is -4.18. The monoisotopic (exact) mass is 318 g/mol. The highest BCUT2D eigenvalue weighted by molar-refractivity contribution is 7.88. The number of nitrogens with zero attached hydrogens (tertiary/aromatic N) is 2. The lowest BCUT2D eigenvalue weighted by atomic mass is 10.2. The van der Waals surface area contributed by atoms with Crippen molar-refractivity contribution >= 4 is 26.6 Å². The van der Waals surface area contributed by atoms with Crippen molar-refractivity contribution in [2.45, 2.75) is 5.88 Å². The topological polar surface area (TPSA) is 158 Å². The Hall–Kier alpha value is -2.60. The summed E-state index contributed by atoms with van der Waals surface area (Å²) in [5.74, 6) is -2.39. The summed E-state index contributed by atoms with van der Waals surface area (Å²) in [6.45, 7) is 0. The number of halogens is 1. The van der Waals surface area contributed by atoms with Crippen LogP contribution in [0.1, 0.15) is 0 Å². The van der Waals surface area contributed by atoms with E-state index in [1.54, 1.807) is 0 Å². The summed E-state index contributed by atoms with van der Waals surface area (Å²) in [6.07, 6.45) is 0. The van der Waals surface area contributed by atoms with Crippen LogP contribution in [0, 0.1) is 15.9 Å². The first-order valence-corrected chi connectivity index (χ1v) is 6.93. The molecule has 0 spiro atoms. The standard InChI is InChI=1S/C9H7FN4O6S/c10-5-1-4-6(2-7(5)14(17)18)12-9(16)13(8(4)15)3-21(11,19)20/h1-2H,3H2,(H,12,16)(H2,11,19,20). The second kappa shape index (κ2) is 4.75. The molecule has 0 radical (unpaired) electrons. The molecule has 0 saturated heterocycles. The number of rotatable bonds is 3. The average Bonchev–Trinajstić information content (AvgIpc) is 2.33. The average molecular weight is 318 g/mol. The molecule has 21 heavy (non-hydrogen) atoms. The Morgan fingerprint density at radius 3 is 2.52 bits per heavy atom. The molecule has 10 nitrogen and oxygen atoms in total. The molecule has 1 heterocycles. The number of primary sulfonamides is 1. The van der Waals surface area contributed by atoms with E-state index >= 15 is 0 Å². The van der Waals surface area contributed by atoms with E-state index in [1.807, 2.05) is 0 Å². The number of benzene rings is 1. The van der Waals surface area contributed by atoms with Crippen LogP contribution in [-0.2, 0) is 15.9 Å². The molecular weight excluding hydrogens is 311 g/mol. The first kappa shape index (κ1) is 14.8. The fourth-order valence-corrected chi connectivity index (χ4v) is 2.29. The molecule has 0 bridgehead atoms. The summed E-state index contributed by atoms with van der Waals surface area (Å²) < 4.78 is 35.7. The Balaban J connectivity index is 2.85. The summed E-state index contributed by atoms with van der Waals surface area (Å²) in [5, 5.41) is 14.9. The van der Waals surface area contributed by atoms with Crippen LogP contribution >= 0.6 is 0 Å². The maximum atomic E-state index is 13.5. The van der Waals surface area contributed by atoms with Gasteiger partial charge in [-0.2, -0.15) is 4.39 Å². The molecule has 0 aliphatic heterocycles. The molecule has 0 aliphatic rings. The van der Waals surface area contributed by atoms with Crippen LogP contribution < -0.4 is 16.4 Å². The lowest BCUT2D eigenvalue weighted by molar-refractivity contribution is -0.387. The van der Waals surface area contributed by atoms with Crippen LogP contribution in [0.25, 0.3) is 10.9 Å². The van der Waals surface area contributed by atoms with E-state index in [-0.39, 0.29) is 10.1 Å². The third-order valence-corrected chi connectivity index (χ3v) is 3.17. The molecule has 0 saturated carbocycles. The van der Waals surface area contributed by atoms with E-state index in [0.717, 1.165) is 0 Å². The largest absolute Gasteiger partial charge is 0.329 e. The number of hydrogen-bond acceptors (Lipinski definition) is 6. The van der Waals surface area contributed by atoms with Crippen LogP contribution in [-0.4, -0.2) is 22.9 Å². The molecule has 1 aromatic heterocycles. The number of nitrogens with two attached hydrogens (primary N) is 1. The van der Waals surface area contributed by atoms with Gasteiger partial charge in [-0.05, 0) is 6.07 Å². The number of hydrogen-bond donors (Lipinski definition) is 2. The van der Waals surface area contributed by atoms with Crippen molar-refractivity contribution in [2.24, 2.45) is 5.14 Å². The lowest BCUT2D eigenvalue weighted by Crippen LogP contribution is -2.38. The van der Waals surface area contributed by atoms with E-state index in [4.69, 9.17) is 5.14 Å². The molecule has 0 fully saturated rings. The number of nitrogens with one attached hydrogen (secondary N) is 1. The Labute approximate surface area is 114 Å². The van der Waals surface area contributed by atoms with Gasteiger partial charge in [0.25, 0.3) is 5.56 Å². The molecule has 0 unspecified atom stereocenters. The third-order valence-electron chi connectivity index (χ3n) is 2.56. The Morgan fingerprint density at radius 1 is 1.38 bits per heavy atom. The first-order valence-electron chi connectivity index (χ1n) is 5.21. The van der Waals surface area contributed by atoms with Crippen LogP contribution in [0.3, 0.4) is 0 Å². The van der Waals surface area contributed by atoms with Crippen molar-refractivity contribution in [1.29, 1.82) is 0 Å². The smallest absolute Gasteiger partial charge is 0.306 e. The lowest BCUT2D eigenvalue weighted by Gasteiger charge is -2.05. The molecule has 0 aliphatic carbocycles. The summed E-state index contributed by atoms with van der Waals surface area (Å²) in [4.78, 5) is 35.2. The van der Waals surface area contributed by atoms with Gasteiger partial charge >= 0.3 is 11.4 Å². The van der Waals surface area contributed by atoms with Crippen LogP contribution in [0.5, 0.6) is 0 Å². The molecule has 2 rings (SSSR count). The van der Waals surface area contributed by atoms with Crippen LogP contribution in [0.15, 0.2) is 21.7 Å². The fraction of sp³-hybridized carbons (Fsp3) is 0.111. The van der Waals surface area contributed by atoms with Gasteiger partial charge in [-0.3, -0.25) is 14.9 Å². The van der Waals surface area contributed by atoms with Gasteiger partial charge in [-0.15, -0.1) is 0 Å². The van der Waals surface area contributed by atoms with E-state index in [2.05, 4.69) is 4.98 Å². The minimum Gasteiger partial charge on any atom is -0.306 e. The van der Waals surface area contributed by atoms with Gasteiger partial charge in [0, 0.05) is 6.07 Å². The van der Waals surface area contributed by atoms with E-state index in [1.165, 1.54) is 0 Å². The summed E-state index contributed by atoms with van der Waals surface area (Å²) in [6, 6.07) is 1.22. The highest BCUT2D eigenvalue weighted by atomic mass is 32.2. The zero-order valence-electron chi connectivity index (χ0n) is 10.1. The number of nitro benzene ring substituents is 1. The zero-order valence-corrected chi connectivity index (χ0v) is 10.9. The molecule has 3 N–H and O–H groups in total. The van der Waals surface area contributed by atoms with Crippen molar-refractivity contribution in [3.8, 4) is 0 Å². The Bertz CT molecular complexity index is 976. The fourth-order valence-electron chi connectivity index (χ4n) is 1.70. The Kier molecular flexibility index (Phi) is 3.35. The number of fused-ring (bicyclic) bond motifs is 1. The summed E-state index contributed by atoms with van der Waals surface area (Å²) >= 11 is 0. The third kappa shape index (κ3) is 2.80. The van der Waals surface area contributed by atoms with E-state index in [9.17, 15) is 32.5 Å². The predicted octanol–water partition coefficient (Wildman–Crippen LogP) is -1.02. The van der Waals surface area contributed by atoms with Crippen molar-refractivity contribution < 1.29 is 17.7 Å². The highest BCUT2D eigenvalue weighted by Gasteiger charge is 2.19. The van der Waals surface area contributed by atoms with Crippen molar-refractivity contribution in [1.82, 2.24) is 9.55 Å². The van der Waals surface area contributed by atoms with Crippen molar-refractivity contribution in [2.75, 3.05) is 0 Å². The maximum absolute atomic E-state index is 13.5. The second-order valence-electron chi connectivity index (χ2n) is 4.06. The summed E-state index contributed by atoms with van der Waals surface area (Å²) in [5.41, 5.74) is -3.48. The number of aromatic amines is 1. The highest BCUT2D eigenvalue weighted by Crippen LogP contribution is 2.20. The molecule has 1 aromatic carbocycles. The molecule has 0 amide bonds. The van der Waals surface area contributed by atoms with Gasteiger partial charge in [0.15, 0.2) is 0 Å².